The van der Waals surface area contributed by atoms with Gasteiger partial charge in [0.1, 0.15) is 0 Å². The lowest BCUT2D eigenvalue weighted by molar-refractivity contribution is -0.137. The van der Waals surface area contributed by atoms with Crippen molar-refractivity contribution in [1.82, 2.24) is 14.5 Å². The molecule has 2 fully saturated rings. The molecule has 1 aliphatic heterocycles. The molecule has 1 amide bonds. The molecule has 0 N–H and O–H groups in total. The Morgan fingerprint density at radius 2 is 1.43 bits per heavy atom. The summed E-state index contributed by atoms with van der Waals surface area (Å²) >= 11 is 1.33. The van der Waals surface area contributed by atoms with Gasteiger partial charge in [0.05, 0.1) is 16.7 Å². The van der Waals surface area contributed by atoms with Crippen LogP contribution in [-0.4, -0.2) is 58.1 Å². The molecular formula is C34H36N4O3S. The van der Waals surface area contributed by atoms with Gasteiger partial charge in [-0.1, -0.05) is 72.4 Å². The molecule has 3 aromatic carbocycles. The van der Waals surface area contributed by atoms with Crippen LogP contribution >= 0.6 is 11.8 Å². The summed E-state index contributed by atoms with van der Waals surface area (Å²) in [6.45, 7) is 3.78. The Hall–Kier alpha value is -3.91. The highest BCUT2D eigenvalue weighted by Crippen LogP contribution is 2.32. The fraction of sp³-hybridized carbons (Fsp3) is 0.353. The van der Waals surface area contributed by atoms with Crippen LogP contribution in [0.25, 0.3) is 10.9 Å². The quantitative estimate of drug-likeness (QED) is 0.155. The van der Waals surface area contributed by atoms with Crippen molar-refractivity contribution < 1.29 is 9.59 Å². The summed E-state index contributed by atoms with van der Waals surface area (Å²) < 4.78 is 1.76. The Labute approximate surface area is 250 Å². The first kappa shape index (κ1) is 28.2. The molecule has 0 radical (unpaired) electrons. The fourth-order valence-electron chi connectivity index (χ4n) is 6.19. The third kappa shape index (κ3) is 6.28. The van der Waals surface area contributed by atoms with Crippen LogP contribution < -0.4 is 10.5 Å². The zero-order valence-electron chi connectivity index (χ0n) is 23.7. The van der Waals surface area contributed by atoms with Crippen molar-refractivity contribution in [3.05, 3.63) is 101 Å². The lowest BCUT2D eigenvalue weighted by atomic mass is 9.81. The minimum atomic E-state index is -0.0650. The van der Waals surface area contributed by atoms with E-state index in [0.717, 1.165) is 51.9 Å². The van der Waals surface area contributed by atoms with Crippen molar-refractivity contribution in [3.8, 4) is 0 Å². The Kier molecular flexibility index (Phi) is 8.70. The maximum Gasteiger partial charge on any atom is 0.262 e. The summed E-state index contributed by atoms with van der Waals surface area (Å²) in [5.41, 5.74) is 2.45. The summed E-state index contributed by atoms with van der Waals surface area (Å²) in [4.78, 5) is 49.0. The van der Waals surface area contributed by atoms with Gasteiger partial charge >= 0.3 is 0 Å². The molecule has 1 saturated carbocycles. The van der Waals surface area contributed by atoms with Gasteiger partial charge in [-0.2, -0.15) is 0 Å². The molecule has 0 spiro atoms. The maximum atomic E-state index is 13.6. The van der Waals surface area contributed by atoms with Crippen molar-refractivity contribution in [2.75, 3.05) is 36.8 Å². The smallest absolute Gasteiger partial charge is 0.262 e. The number of fused-ring (bicyclic) bond motifs is 1. The Morgan fingerprint density at radius 1 is 0.786 bits per heavy atom. The van der Waals surface area contributed by atoms with Crippen LogP contribution in [0.4, 0.5) is 5.69 Å². The molecule has 42 heavy (non-hydrogen) atoms. The number of Topliss-reactive ketones (excluding diaryl/α,β-unsaturated/α-hetero) is 1. The molecule has 0 atom stereocenters. The molecule has 1 aliphatic carbocycles. The summed E-state index contributed by atoms with van der Waals surface area (Å²) in [6.07, 6.45) is 3.47. The van der Waals surface area contributed by atoms with E-state index in [0.29, 0.717) is 28.2 Å². The average Bonchev–Trinajstić information content (AvgIpc) is 3.06. The molecule has 8 heteroatoms. The second kappa shape index (κ2) is 12.9. The maximum absolute atomic E-state index is 13.6. The van der Waals surface area contributed by atoms with Crippen molar-refractivity contribution in [2.24, 2.45) is 11.8 Å². The number of rotatable bonds is 8. The molecule has 1 saturated heterocycles. The first-order valence-electron chi connectivity index (χ1n) is 14.9. The molecule has 0 bridgehead atoms. The largest absolute Gasteiger partial charge is 0.368 e. The summed E-state index contributed by atoms with van der Waals surface area (Å²) in [5.74, 6) is 0.842. The molecular weight excluding hydrogens is 544 g/mol. The standard InChI is InChI=1S/C34H36N4O3S/c39-31(26-9-3-1-4-10-26)24-42-34-35-30-14-8-7-13-29(30)33(41)38(34)23-25-15-17-27(18-16-25)32(40)37-21-19-36(20-22-37)28-11-5-2-6-12-28/h1-14,25,27H,15-24H2. The van der Waals surface area contributed by atoms with Crippen LogP contribution in [0, 0.1) is 11.8 Å². The van der Waals surface area contributed by atoms with Gasteiger partial charge in [0, 0.05) is 49.9 Å². The summed E-state index contributed by atoms with van der Waals surface area (Å²) in [6, 6.07) is 27.0. The van der Waals surface area contributed by atoms with Crippen LogP contribution in [-0.2, 0) is 11.3 Å². The molecule has 0 unspecified atom stereocenters. The van der Waals surface area contributed by atoms with Gasteiger partial charge in [-0.15, -0.1) is 0 Å². The van der Waals surface area contributed by atoms with Crippen molar-refractivity contribution in [2.45, 2.75) is 37.4 Å². The van der Waals surface area contributed by atoms with Crippen LogP contribution in [0.15, 0.2) is 94.9 Å². The van der Waals surface area contributed by atoms with E-state index in [1.54, 1.807) is 4.57 Å². The Morgan fingerprint density at radius 3 is 2.14 bits per heavy atom. The van der Waals surface area contributed by atoms with Gasteiger partial charge in [0.25, 0.3) is 5.56 Å². The fourth-order valence-corrected chi connectivity index (χ4v) is 7.09. The minimum Gasteiger partial charge on any atom is -0.368 e. The number of ketones is 1. The van der Waals surface area contributed by atoms with E-state index in [-0.39, 0.29) is 34.8 Å². The number of anilines is 1. The third-order valence-electron chi connectivity index (χ3n) is 8.60. The zero-order valence-corrected chi connectivity index (χ0v) is 24.5. The highest BCUT2D eigenvalue weighted by atomic mass is 32.2. The van der Waals surface area contributed by atoms with Crippen LogP contribution in [0.3, 0.4) is 0 Å². The van der Waals surface area contributed by atoms with E-state index < -0.39 is 0 Å². The van der Waals surface area contributed by atoms with E-state index in [4.69, 9.17) is 4.98 Å². The van der Waals surface area contributed by atoms with Gasteiger partial charge in [0.2, 0.25) is 5.91 Å². The van der Waals surface area contributed by atoms with E-state index in [9.17, 15) is 14.4 Å². The van der Waals surface area contributed by atoms with E-state index >= 15 is 0 Å². The number of hydrogen-bond donors (Lipinski definition) is 0. The highest BCUT2D eigenvalue weighted by Gasteiger charge is 2.32. The molecule has 2 heterocycles. The third-order valence-corrected chi connectivity index (χ3v) is 9.58. The van der Waals surface area contributed by atoms with E-state index in [1.807, 2.05) is 65.6 Å². The number of nitrogens with zero attached hydrogens (tertiary/aromatic N) is 4. The monoisotopic (exact) mass is 580 g/mol. The normalized spacial score (nSPS) is 19.1. The van der Waals surface area contributed by atoms with E-state index in [1.165, 1.54) is 17.4 Å². The Bertz CT molecular complexity index is 1590. The number of amides is 1. The number of para-hydroxylation sites is 2. The van der Waals surface area contributed by atoms with Crippen molar-refractivity contribution in [3.63, 3.8) is 0 Å². The van der Waals surface area contributed by atoms with Gasteiger partial charge in [0.15, 0.2) is 10.9 Å². The molecule has 6 rings (SSSR count). The zero-order chi connectivity index (χ0) is 28.9. The minimum absolute atomic E-state index is 0.0122. The van der Waals surface area contributed by atoms with Crippen LogP contribution in [0.5, 0.6) is 0 Å². The second-order valence-electron chi connectivity index (χ2n) is 11.3. The number of thioether (sulfide) groups is 1. The lowest BCUT2D eigenvalue weighted by Crippen LogP contribution is -2.50. The number of carbonyl (C=O) groups excluding carboxylic acids is 2. The van der Waals surface area contributed by atoms with Gasteiger partial charge < -0.3 is 9.80 Å². The van der Waals surface area contributed by atoms with Crippen molar-refractivity contribution in [1.29, 1.82) is 0 Å². The summed E-state index contributed by atoms with van der Waals surface area (Å²) in [7, 11) is 0. The molecule has 216 valence electrons. The topological polar surface area (TPSA) is 75.5 Å². The first-order valence-corrected chi connectivity index (χ1v) is 15.8. The number of aromatic nitrogens is 2. The molecule has 4 aromatic rings. The molecule has 1 aromatic heterocycles. The molecule has 7 nitrogen and oxygen atoms in total. The highest BCUT2D eigenvalue weighted by molar-refractivity contribution is 7.99. The van der Waals surface area contributed by atoms with Gasteiger partial charge in [-0.05, 0) is 55.9 Å². The van der Waals surface area contributed by atoms with Gasteiger partial charge in [-0.25, -0.2) is 4.98 Å². The lowest BCUT2D eigenvalue weighted by Gasteiger charge is -2.39. The number of carbonyl (C=O) groups is 2. The number of benzene rings is 3. The van der Waals surface area contributed by atoms with Crippen LogP contribution in [0.2, 0.25) is 0 Å². The first-order chi connectivity index (χ1) is 20.6. The average molecular weight is 581 g/mol. The second-order valence-corrected chi connectivity index (χ2v) is 12.2. The predicted octanol–water partition coefficient (Wildman–Crippen LogP) is 5.53. The summed E-state index contributed by atoms with van der Waals surface area (Å²) in [5, 5.41) is 1.17. The SMILES string of the molecule is O=C(CSc1nc2ccccc2c(=O)n1CC1CCC(C(=O)N2CCN(c3ccccc3)CC2)CC1)c1ccccc1. The Balaban J connectivity index is 1.09. The predicted molar refractivity (Wildman–Crippen MR) is 168 cm³/mol. The number of piperazine rings is 1. The van der Waals surface area contributed by atoms with E-state index in [2.05, 4.69) is 29.2 Å². The molecule has 2 aliphatic rings. The van der Waals surface area contributed by atoms with Crippen LogP contribution in [0.1, 0.15) is 36.0 Å². The number of hydrogen-bond acceptors (Lipinski definition) is 6. The van der Waals surface area contributed by atoms with Gasteiger partial charge in [-0.3, -0.25) is 19.0 Å². The van der Waals surface area contributed by atoms with Crippen molar-refractivity contribution >= 4 is 40.0 Å².